The maximum Gasteiger partial charge on any atom is 0.272 e. The number of amides is 2. The Bertz CT molecular complexity index is 728. The predicted molar refractivity (Wildman–Crippen MR) is 90.3 cm³/mol. The van der Waals surface area contributed by atoms with E-state index in [9.17, 15) is 9.59 Å². The molecule has 0 aliphatic rings. The number of primary amides is 1. The summed E-state index contributed by atoms with van der Waals surface area (Å²) < 4.78 is 0. The van der Waals surface area contributed by atoms with Gasteiger partial charge in [0.2, 0.25) is 0 Å². The quantitative estimate of drug-likeness (QED) is 0.733. The van der Waals surface area contributed by atoms with E-state index in [0.29, 0.717) is 5.92 Å². The van der Waals surface area contributed by atoms with Gasteiger partial charge in [0.1, 0.15) is 0 Å². The lowest BCUT2D eigenvalue weighted by Gasteiger charge is -2.14. The van der Waals surface area contributed by atoms with E-state index >= 15 is 0 Å². The number of benzene rings is 1. The molecule has 5 N–H and O–H groups in total. The van der Waals surface area contributed by atoms with Crippen LogP contribution in [-0.4, -0.2) is 28.3 Å². The number of nitrogens with two attached hydrogens (primary N) is 2. The van der Waals surface area contributed by atoms with Gasteiger partial charge in [-0.2, -0.15) is 0 Å². The first-order valence-electron chi connectivity index (χ1n) is 7.64. The lowest BCUT2D eigenvalue weighted by molar-refractivity contribution is 0.0926. The van der Waals surface area contributed by atoms with Crippen LogP contribution in [0.15, 0.2) is 36.7 Å². The molecule has 1 heterocycles. The first-order valence-corrected chi connectivity index (χ1v) is 7.64. The van der Waals surface area contributed by atoms with Gasteiger partial charge in [0.25, 0.3) is 11.8 Å². The molecule has 0 fully saturated rings. The molecular formula is C17H21N5O2. The van der Waals surface area contributed by atoms with Gasteiger partial charge in [-0.1, -0.05) is 38.1 Å². The Morgan fingerprint density at radius 2 is 1.58 bits per heavy atom. The van der Waals surface area contributed by atoms with E-state index in [4.69, 9.17) is 11.5 Å². The van der Waals surface area contributed by atoms with Crippen molar-refractivity contribution in [3.63, 3.8) is 0 Å². The highest BCUT2D eigenvalue weighted by Crippen LogP contribution is 2.17. The molecule has 0 radical (unpaired) electrons. The SMILES string of the molecule is CC(C)c1ccc(C(N)CNC(=O)c2nccnc2C(N)=O)cc1. The first kappa shape index (κ1) is 17.6. The van der Waals surface area contributed by atoms with E-state index in [1.54, 1.807) is 0 Å². The van der Waals surface area contributed by atoms with Crippen LogP contribution in [-0.2, 0) is 0 Å². The number of nitrogens with zero attached hydrogens (tertiary/aromatic N) is 2. The zero-order chi connectivity index (χ0) is 17.7. The van der Waals surface area contributed by atoms with E-state index < -0.39 is 11.8 Å². The molecule has 0 saturated heterocycles. The van der Waals surface area contributed by atoms with Crippen LogP contribution in [0.5, 0.6) is 0 Å². The highest BCUT2D eigenvalue weighted by molar-refractivity contribution is 6.03. The van der Waals surface area contributed by atoms with Gasteiger partial charge in [-0.3, -0.25) is 9.59 Å². The number of hydrogen-bond acceptors (Lipinski definition) is 5. The summed E-state index contributed by atoms with van der Waals surface area (Å²) in [6.45, 7) is 4.44. The molecule has 0 saturated carbocycles. The van der Waals surface area contributed by atoms with Crippen LogP contribution in [0.2, 0.25) is 0 Å². The molecule has 0 spiro atoms. The number of rotatable bonds is 6. The number of carbonyl (C=O) groups excluding carboxylic acids is 2. The summed E-state index contributed by atoms with van der Waals surface area (Å²) in [6.07, 6.45) is 2.63. The molecule has 1 unspecified atom stereocenters. The summed E-state index contributed by atoms with van der Waals surface area (Å²) in [4.78, 5) is 31.1. The zero-order valence-electron chi connectivity index (χ0n) is 13.7. The standard InChI is InChI=1S/C17H21N5O2/c1-10(2)11-3-5-12(6-4-11)13(18)9-22-17(24)15-14(16(19)23)20-7-8-21-15/h3-8,10,13H,9,18H2,1-2H3,(H2,19,23)(H,22,24). The number of hydrogen-bond donors (Lipinski definition) is 3. The van der Waals surface area contributed by atoms with Crippen molar-refractivity contribution in [2.24, 2.45) is 11.5 Å². The van der Waals surface area contributed by atoms with Crippen LogP contribution in [0.4, 0.5) is 0 Å². The number of aromatic nitrogens is 2. The second kappa shape index (κ2) is 7.65. The van der Waals surface area contributed by atoms with E-state index in [0.717, 1.165) is 5.56 Å². The molecule has 24 heavy (non-hydrogen) atoms. The molecule has 1 aromatic heterocycles. The maximum atomic E-state index is 12.2. The summed E-state index contributed by atoms with van der Waals surface area (Å²) in [6, 6.07) is 7.57. The largest absolute Gasteiger partial charge is 0.364 e. The average Bonchev–Trinajstić information content (AvgIpc) is 2.59. The van der Waals surface area contributed by atoms with E-state index in [1.165, 1.54) is 18.0 Å². The third kappa shape index (κ3) is 4.14. The Kier molecular flexibility index (Phi) is 5.59. The van der Waals surface area contributed by atoms with Gasteiger partial charge < -0.3 is 16.8 Å². The Morgan fingerprint density at radius 3 is 2.12 bits per heavy atom. The van der Waals surface area contributed by atoms with Crippen LogP contribution < -0.4 is 16.8 Å². The van der Waals surface area contributed by atoms with Crippen molar-refractivity contribution in [1.82, 2.24) is 15.3 Å². The van der Waals surface area contributed by atoms with Crippen LogP contribution in [0, 0.1) is 0 Å². The van der Waals surface area contributed by atoms with Crippen molar-refractivity contribution in [1.29, 1.82) is 0 Å². The minimum atomic E-state index is -0.804. The van der Waals surface area contributed by atoms with Gasteiger partial charge >= 0.3 is 0 Å². The third-order valence-corrected chi connectivity index (χ3v) is 3.66. The van der Waals surface area contributed by atoms with Crippen molar-refractivity contribution in [3.8, 4) is 0 Å². The van der Waals surface area contributed by atoms with Crippen molar-refractivity contribution < 1.29 is 9.59 Å². The molecule has 0 aliphatic heterocycles. The molecule has 1 aromatic carbocycles. The van der Waals surface area contributed by atoms with Gasteiger partial charge in [0.05, 0.1) is 0 Å². The van der Waals surface area contributed by atoms with Gasteiger partial charge in [-0.25, -0.2) is 9.97 Å². The monoisotopic (exact) mass is 327 g/mol. The van der Waals surface area contributed by atoms with Crippen molar-refractivity contribution in [3.05, 3.63) is 59.2 Å². The smallest absolute Gasteiger partial charge is 0.272 e. The second-order valence-corrected chi connectivity index (χ2v) is 5.76. The molecule has 7 nitrogen and oxygen atoms in total. The molecule has 0 bridgehead atoms. The predicted octanol–water partition coefficient (Wildman–Crippen LogP) is 1.13. The van der Waals surface area contributed by atoms with Gasteiger partial charge in [0.15, 0.2) is 11.4 Å². The highest BCUT2D eigenvalue weighted by atomic mass is 16.2. The Balaban J connectivity index is 2.02. The number of carbonyl (C=O) groups is 2. The van der Waals surface area contributed by atoms with Crippen molar-refractivity contribution in [2.45, 2.75) is 25.8 Å². The fourth-order valence-corrected chi connectivity index (χ4v) is 2.22. The Labute approximate surface area is 140 Å². The van der Waals surface area contributed by atoms with Gasteiger partial charge in [0, 0.05) is 25.0 Å². The van der Waals surface area contributed by atoms with E-state index in [2.05, 4.69) is 29.1 Å². The van der Waals surface area contributed by atoms with E-state index in [1.807, 2.05) is 24.3 Å². The normalized spacial score (nSPS) is 12.0. The third-order valence-electron chi connectivity index (χ3n) is 3.66. The summed E-state index contributed by atoms with van der Waals surface area (Å²) in [5, 5.41) is 2.66. The highest BCUT2D eigenvalue weighted by Gasteiger charge is 2.18. The van der Waals surface area contributed by atoms with Gasteiger partial charge in [-0.05, 0) is 17.0 Å². The minimum absolute atomic E-state index is 0.104. The lowest BCUT2D eigenvalue weighted by Crippen LogP contribution is -2.34. The van der Waals surface area contributed by atoms with Crippen LogP contribution >= 0.6 is 0 Å². The van der Waals surface area contributed by atoms with Crippen LogP contribution in [0.1, 0.15) is 57.9 Å². The fourth-order valence-electron chi connectivity index (χ4n) is 2.22. The topological polar surface area (TPSA) is 124 Å². The lowest BCUT2D eigenvalue weighted by atomic mass is 9.99. The summed E-state index contributed by atoms with van der Waals surface area (Å²) in [7, 11) is 0. The van der Waals surface area contributed by atoms with Gasteiger partial charge in [-0.15, -0.1) is 0 Å². The fraction of sp³-hybridized carbons (Fsp3) is 0.294. The minimum Gasteiger partial charge on any atom is -0.364 e. The molecule has 2 aromatic rings. The number of nitrogens with one attached hydrogen (secondary N) is 1. The molecule has 2 amide bonds. The summed E-state index contributed by atoms with van der Waals surface area (Å²) in [5.41, 5.74) is 13.2. The summed E-state index contributed by atoms with van der Waals surface area (Å²) >= 11 is 0. The Morgan fingerprint density at radius 1 is 1.04 bits per heavy atom. The zero-order valence-corrected chi connectivity index (χ0v) is 13.7. The molecule has 2 rings (SSSR count). The Hall–Kier alpha value is -2.80. The summed E-state index contributed by atoms with van der Waals surface area (Å²) in [5.74, 6) is -0.896. The van der Waals surface area contributed by atoms with Crippen molar-refractivity contribution in [2.75, 3.05) is 6.54 Å². The molecular weight excluding hydrogens is 306 g/mol. The van der Waals surface area contributed by atoms with Crippen LogP contribution in [0.3, 0.4) is 0 Å². The first-order chi connectivity index (χ1) is 11.4. The molecule has 0 aliphatic carbocycles. The molecule has 1 atom stereocenters. The average molecular weight is 327 g/mol. The van der Waals surface area contributed by atoms with E-state index in [-0.39, 0.29) is 24.0 Å². The molecule has 7 heteroatoms. The second-order valence-electron chi connectivity index (χ2n) is 5.76. The van der Waals surface area contributed by atoms with Crippen LogP contribution in [0.25, 0.3) is 0 Å². The van der Waals surface area contributed by atoms with Crippen molar-refractivity contribution >= 4 is 11.8 Å². The molecule has 126 valence electrons. The maximum absolute atomic E-state index is 12.2.